The number of benzene rings is 5. The summed E-state index contributed by atoms with van der Waals surface area (Å²) < 4.78 is 46.7. The van der Waals surface area contributed by atoms with E-state index in [4.69, 9.17) is 14.0 Å². The van der Waals surface area contributed by atoms with Gasteiger partial charge in [-0.2, -0.15) is 0 Å². The summed E-state index contributed by atoms with van der Waals surface area (Å²) in [6.45, 7) is 13.2. The predicted molar refractivity (Wildman–Crippen MR) is 172 cm³/mol. The highest BCUT2D eigenvalue weighted by Crippen LogP contribution is 2.56. The molecular formula is C35H38FO4P. The molecule has 0 bridgehead atoms. The third kappa shape index (κ3) is 5.87. The van der Waals surface area contributed by atoms with Crippen molar-refractivity contribution in [2.24, 2.45) is 0 Å². The van der Waals surface area contributed by atoms with Gasteiger partial charge in [0.25, 0.3) is 0 Å². The van der Waals surface area contributed by atoms with Crippen molar-refractivity contribution in [3.8, 4) is 28.4 Å². The maximum Gasteiger partial charge on any atom is 0.311 e. The minimum Gasteiger partial charge on any atom is -0.496 e. The quantitative estimate of drug-likeness (QED) is 0.123. The van der Waals surface area contributed by atoms with Crippen molar-refractivity contribution in [2.45, 2.75) is 34.6 Å². The van der Waals surface area contributed by atoms with Crippen LogP contribution in [0.3, 0.4) is 0 Å². The molecule has 0 radical (unpaired) electrons. The summed E-state index contributed by atoms with van der Waals surface area (Å²) >= 11 is 0. The molecule has 0 saturated carbocycles. The summed E-state index contributed by atoms with van der Waals surface area (Å²) in [5, 5.41) is 4.02. The van der Waals surface area contributed by atoms with Gasteiger partial charge in [-0.05, 0) is 65.7 Å². The van der Waals surface area contributed by atoms with Crippen molar-refractivity contribution in [1.29, 1.82) is 0 Å². The van der Waals surface area contributed by atoms with Gasteiger partial charge in [0.1, 0.15) is 23.1 Å². The highest BCUT2D eigenvalue weighted by atomic mass is 31.2. The van der Waals surface area contributed by atoms with Crippen LogP contribution in [0.25, 0.3) is 32.7 Å². The lowest BCUT2D eigenvalue weighted by molar-refractivity contribution is 0.412. The van der Waals surface area contributed by atoms with Crippen molar-refractivity contribution in [3.63, 3.8) is 0 Å². The van der Waals surface area contributed by atoms with Gasteiger partial charge in [-0.25, -0.2) is 4.39 Å². The van der Waals surface area contributed by atoms with Crippen molar-refractivity contribution >= 4 is 39.5 Å². The number of fused-ring (bicyclic) bond motifs is 5. The highest BCUT2D eigenvalue weighted by molar-refractivity contribution is 7.75. The van der Waals surface area contributed by atoms with Gasteiger partial charge in [0.2, 0.25) is 0 Å². The number of para-hydroxylation sites is 1. The Morgan fingerprint density at radius 1 is 0.756 bits per heavy atom. The monoisotopic (exact) mass is 572 g/mol. The molecule has 0 spiro atoms. The van der Waals surface area contributed by atoms with Crippen LogP contribution in [-0.2, 0) is 4.57 Å². The first-order valence-corrected chi connectivity index (χ1v) is 15.4. The van der Waals surface area contributed by atoms with E-state index in [1.54, 1.807) is 25.3 Å². The summed E-state index contributed by atoms with van der Waals surface area (Å²) in [5.41, 5.74) is 1.74. The van der Waals surface area contributed by atoms with Crippen molar-refractivity contribution in [1.82, 2.24) is 0 Å². The van der Waals surface area contributed by atoms with Crippen LogP contribution in [0.2, 0.25) is 0 Å². The molecule has 1 aliphatic rings. The number of halogens is 1. The largest absolute Gasteiger partial charge is 0.496 e. The SMILES string of the molecule is C=CC.CC.CC.COc1cc(P2(=O)Oc3ccccc3-c3ccccc32)c(OC)c2cc3cc(F)ccc3cc12. The zero-order chi connectivity index (χ0) is 30.2. The summed E-state index contributed by atoms with van der Waals surface area (Å²) in [7, 11) is -0.527. The molecule has 0 aliphatic carbocycles. The van der Waals surface area contributed by atoms with E-state index in [9.17, 15) is 8.96 Å². The number of hydrogen-bond acceptors (Lipinski definition) is 4. The van der Waals surface area contributed by atoms with E-state index in [1.807, 2.05) is 95.3 Å². The van der Waals surface area contributed by atoms with Gasteiger partial charge in [0.05, 0.1) is 24.8 Å². The zero-order valence-electron chi connectivity index (χ0n) is 24.8. The molecule has 214 valence electrons. The first-order chi connectivity index (χ1) is 19.9. The lowest BCUT2D eigenvalue weighted by Gasteiger charge is -2.30. The van der Waals surface area contributed by atoms with Gasteiger partial charge in [0.15, 0.2) is 0 Å². The molecule has 1 unspecified atom stereocenters. The average molecular weight is 573 g/mol. The van der Waals surface area contributed by atoms with E-state index in [1.165, 1.54) is 19.2 Å². The third-order valence-electron chi connectivity index (χ3n) is 6.32. The Labute approximate surface area is 242 Å². The summed E-state index contributed by atoms with van der Waals surface area (Å²) in [6, 6.07) is 25.2. The van der Waals surface area contributed by atoms with Gasteiger partial charge in [0, 0.05) is 16.3 Å². The molecule has 1 aliphatic heterocycles. The van der Waals surface area contributed by atoms with Crippen molar-refractivity contribution < 1.29 is 23.0 Å². The van der Waals surface area contributed by atoms with Crippen LogP contribution in [0.5, 0.6) is 17.2 Å². The number of rotatable bonds is 3. The molecule has 0 aromatic heterocycles. The molecule has 5 aromatic rings. The second kappa shape index (κ2) is 14.0. The number of allylic oxidation sites excluding steroid dienone is 1. The fourth-order valence-electron chi connectivity index (χ4n) is 4.76. The zero-order valence-corrected chi connectivity index (χ0v) is 25.7. The first-order valence-electron chi connectivity index (χ1n) is 13.8. The normalized spacial score (nSPS) is 14.3. The second-order valence-corrected chi connectivity index (χ2v) is 10.8. The van der Waals surface area contributed by atoms with E-state index in [0.29, 0.717) is 38.6 Å². The Morgan fingerprint density at radius 2 is 1.37 bits per heavy atom. The Hall–Kier alpha value is -4.08. The van der Waals surface area contributed by atoms with E-state index < -0.39 is 7.37 Å². The third-order valence-corrected chi connectivity index (χ3v) is 8.76. The maximum absolute atomic E-state index is 14.8. The van der Waals surface area contributed by atoms with E-state index in [2.05, 4.69) is 6.58 Å². The van der Waals surface area contributed by atoms with Crippen LogP contribution in [0.15, 0.2) is 97.6 Å². The molecule has 6 heteroatoms. The van der Waals surface area contributed by atoms with Crippen LogP contribution in [0.1, 0.15) is 34.6 Å². The fourth-order valence-corrected chi connectivity index (χ4v) is 7.21. The lowest BCUT2D eigenvalue weighted by atomic mass is 10.0. The minimum atomic E-state index is -3.64. The molecule has 0 fully saturated rings. The van der Waals surface area contributed by atoms with Crippen LogP contribution in [-0.4, -0.2) is 14.2 Å². The Kier molecular flexibility index (Phi) is 10.7. The molecule has 0 amide bonds. The van der Waals surface area contributed by atoms with Crippen LogP contribution < -0.4 is 24.6 Å². The van der Waals surface area contributed by atoms with Crippen LogP contribution >= 0.6 is 7.37 Å². The standard InChI is InChI=1S/C28H20FO4P.C3H6.2C2H6/c1-31-25-16-27(28(32-2)23-15-18-13-19(29)12-11-17(18)14-22(23)25)34(30)26-10-6-4-8-21(26)20-7-3-5-9-24(20)33-34;1-3-2;2*1-2/h3-16H,1-2H3;3H,1H2,2H3;2*1-2H3. The molecule has 5 aromatic carbocycles. The van der Waals surface area contributed by atoms with Crippen LogP contribution in [0.4, 0.5) is 4.39 Å². The Balaban J connectivity index is 0.000000610. The molecule has 1 atom stereocenters. The predicted octanol–water partition coefficient (Wildman–Crippen LogP) is 9.68. The first kappa shape index (κ1) is 31.4. The maximum atomic E-state index is 14.8. The smallest absolute Gasteiger partial charge is 0.311 e. The summed E-state index contributed by atoms with van der Waals surface area (Å²) in [6.07, 6.45) is 1.75. The topological polar surface area (TPSA) is 44.8 Å². The summed E-state index contributed by atoms with van der Waals surface area (Å²) in [4.78, 5) is 0. The van der Waals surface area contributed by atoms with E-state index in [0.717, 1.165) is 21.9 Å². The Bertz CT molecular complexity index is 1710. The van der Waals surface area contributed by atoms with E-state index >= 15 is 0 Å². The number of ether oxygens (including phenoxy) is 2. The van der Waals surface area contributed by atoms with Gasteiger partial charge in [-0.15, -0.1) is 6.58 Å². The number of methoxy groups -OCH3 is 2. The second-order valence-electron chi connectivity index (χ2n) is 8.58. The van der Waals surface area contributed by atoms with Crippen molar-refractivity contribution in [3.05, 3.63) is 103 Å². The fraction of sp³-hybridized carbons (Fsp3) is 0.200. The van der Waals surface area contributed by atoms with Gasteiger partial charge < -0.3 is 14.0 Å². The minimum absolute atomic E-state index is 0.331. The average Bonchev–Trinajstić information content (AvgIpc) is 3.02. The number of hydrogen-bond donors (Lipinski definition) is 0. The Morgan fingerprint density at radius 3 is 2.02 bits per heavy atom. The van der Waals surface area contributed by atoms with Gasteiger partial charge in [-0.1, -0.05) is 76.2 Å². The molecule has 4 nitrogen and oxygen atoms in total. The van der Waals surface area contributed by atoms with Crippen molar-refractivity contribution in [2.75, 3.05) is 14.2 Å². The van der Waals surface area contributed by atoms with Gasteiger partial charge in [-0.3, -0.25) is 4.57 Å². The molecular weight excluding hydrogens is 534 g/mol. The molecule has 0 N–H and O–H groups in total. The molecule has 0 saturated heterocycles. The molecule has 6 rings (SSSR count). The lowest BCUT2D eigenvalue weighted by Crippen LogP contribution is -2.26. The molecule has 1 heterocycles. The molecule has 41 heavy (non-hydrogen) atoms. The summed E-state index contributed by atoms with van der Waals surface area (Å²) in [5.74, 6) is 1.17. The van der Waals surface area contributed by atoms with Crippen LogP contribution in [0, 0.1) is 5.82 Å². The van der Waals surface area contributed by atoms with Gasteiger partial charge >= 0.3 is 7.37 Å². The highest BCUT2D eigenvalue weighted by Gasteiger charge is 2.41. The van der Waals surface area contributed by atoms with E-state index in [-0.39, 0.29) is 5.82 Å².